The van der Waals surface area contributed by atoms with Gasteiger partial charge in [-0.15, -0.1) is 0 Å². The van der Waals surface area contributed by atoms with Crippen molar-refractivity contribution in [2.75, 3.05) is 37.7 Å². The molecule has 0 aromatic heterocycles. The monoisotopic (exact) mass is 452 g/mol. The Morgan fingerprint density at radius 1 is 0.935 bits per heavy atom. The second-order valence-corrected chi connectivity index (χ2v) is 8.54. The van der Waals surface area contributed by atoms with Gasteiger partial charge in [0.1, 0.15) is 0 Å². The largest absolute Gasteiger partial charge is 0.356 e. The molecule has 1 saturated heterocycles. The van der Waals surface area contributed by atoms with Gasteiger partial charge in [0.25, 0.3) is 11.8 Å². The Morgan fingerprint density at radius 3 is 2.10 bits per heavy atom. The number of carbonyl (C=O) groups is 6. The van der Waals surface area contributed by atoms with E-state index in [1.807, 2.05) is 0 Å². The van der Waals surface area contributed by atoms with Gasteiger partial charge in [0.2, 0.25) is 23.6 Å². The van der Waals surface area contributed by atoms with E-state index >= 15 is 0 Å². The van der Waals surface area contributed by atoms with E-state index in [1.165, 1.54) is 12.2 Å². The van der Waals surface area contributed by atoms with Crippen molar-refractivity contribution in [3.8, 4) is 0 Å². The molecular formula is C20H28N4O6S. The summed E-state index contributed by atoms with van der Waals surface area (Å²) >= 11 is 1.63. The first-order chi connectivity index (χ1) is 14.8. The van der Waals surface area contributed by atoms with Crippen molar-refractivity contribution in [3.05, 3.63) is 12.2 Å². The summed E-state index contributed by atoms with van der Waals surface area (Å²) in [6.45, 7) is 2.89. The molecule has 0 saturated carbocycles. The van der Waals surface area contributed by atoms with Crippen LogP contribution in [0, 0.1) is 5.92 Å². The summed E-state index contributed by atoms with van der Waals surface area (Å²) in [7, 11) is 0. The molecule has 2 aliphatic rings. The van der Waals surface area contributed by atoms with Crippen molar-refractivity contribution in [1.29, 1.82) is 0 Å². The smallest absolute Gasteiger partial charge is 0.253 e. The first-order valence-electron chi connectivity index (χ1n) is 10.3. The van der Waals surface area contributed by atoms with Gasteiger partial charge in [-0.3, -0.25) is 38.6 Å². The molecule has 1 atom stereocenters. The lowest BCUT2D eigenvalue weighted by Gasteiger charge is -2.14. The van der Waals surface area contributed by atoms with Gasteiger partial charge in [-0.2, -0.15) is 11.8 Å². The lowest BCUT2D eigenvalue weighted by Crippen LogP contribution is -2.35. The highest BCUT2D eigenvalue weighted by Gasteiger charge is 2.35. The molecule has 0 spiro atoms. The Bertz CT molecular complexity index is 751. The maximum atomic E-state index is 11.8. The first-order valence-corrected chi connectivity index (χ1v) is 11.4. The molecule has 0 aromatic rings. The molecular weight excluding hydrogens is 424 g/mol. The number of imide groups is 2. The fourth-order valence-electron chi connectivity index (χ4n) is 3.10. The Morgan fingerprint density at radius 2 is 1.52 bits per heavy atom. The fraction of sp³-hybridized carbons (Fsp3) is 0.600. The minimum atomic E-state index is -0.395. The molecule has 2 heterocycles. The third-order valence-electron chi connectivity index (χ3n) is 4.85. The minimum Gasteiger partial charge on any atom is -0.356 e. The maximum absolute atomic E-state index is 11.8. The number of thioether (sulfide) groups is 1. The molecule has 2 rings (SSSR count). The van der Waals surface area contributed by atoms with Crippen molar-refractivity contribution in [2.45, 2.75) is 32.6 Å². The average Bonchev–Trinajstić information content (AvgIpc) is 3.17. The van der Waals surface area contributed by atoms with E-state index in [2.05, 4.69) is 10.6 Å². The molecule has 170 valence electrons. The summed E-state index contributed by atoms with van der Waals surface area (Å²) in [5.41, 5.74) is 0. The van der Waals surface area contributed by atoms with Crippen molar-refractivity contribution in [3.63, 3.8) is 0 Å². The zero-order chi connectivity index (χ0) is 22.8. The number of rotatable bonds is 13. The van der Waals surface area contributed by atoms with Crippen LogP contribution in [0.1, 0.15) is 32.6 Å². The zero-order valence-corrected chi connectivity index (χ0v) is 18.4. The Kier molecular flexibility index (Phi) is 9.70. The van der Waals surface area contributed by atoms with E-state index in [9.17, 15) is 28.8 Å². The fourth-order valence-corrected chi connectivity index (χ4v) is 3.90. The first kappa shape index (κ1) is 24.6. The van der Waals surface area contributed by atoms with Gasteiger partial charge in [0.05, 0.1) is 0 Å². The third-order valence-corrected chi connectivity index (χ3v) is 5.92. The Labute approximate surface area is 185 Å². The molecule has 0 aliphatic carbocycles. The van der Waals surface area contributed by atoms with Crippen molar-refractivity contribution < 1.29 is 28.8 Å². The molecule has 2 aliphatic heterocycles. The van der Waals surface area contributed by atoms with E-state index < -0.39 is 11.8 Å². The van der Waals surface area contributed by atoms with Gasteiger partial charge in [-0.05, 0) is 12.2 Å². The average molecular weight is 453 g/mol. The highest BCUT2D eigenvalue weighted by atomic mass is 32.2. The molecule has 0 bridgehead atoms. The van der Waals surface area contributed by atoms with Crippen LogP contribution in [0.15, 0.2) is 12.2 Å². The molecule has 10 nitrogen and oxygen atoms in total. The summed E-state index contributed by atoms with van der Waals surface area (Å²) in [6.07, 6.45) is 3.53. The number of hydrogen-bond donors (Lipinski definition) is 2. The number of nitrogens with one attached hydrogen (secondary N) is 2. The molecule has 31 heavy (non-hydrogen) atoms. The highest BCUT2D eigenvalue weighted by molar-refractivity contribution is 7.99. The van der Waals surface area contributed by atoms with E-state index in [0.29, 0.717) is 18.8 Å². The molecule has 2 N–H and O–H groups in total. The van der Waals surface area contributed by atoms with Crippen LogP contribution in [0.3, 0.4) is 0 Å². The molecule has 0 radical (unpaired) electrons. The number of likely N-dealkylation sites (tertiary alicyclic amines) is 1. The highest BCUT2D eigenvalue weighted by Crippen LogP contribution is 2.18. The van der Waals surface area contributed by atoms with Gasteiger partial charge in [0.15, 0.2) is 0 Å². The van der Waals surface area contributed by atoms with E-state index in [4.69, 9.17) is 0 Å². The van der Waals surface area contributed by atoms with Crippen LogP contribution in [-0.2, 0) is 28.8 Å². The van der Waals surface area contributed by atoms with E-state index in [1.54, 1.807) is 18.7 Å². The van der Waals surface area contributed by atoms with Crippen LogP contribution in [-0.4, -0.2) is 82.9 Å². The number of nitrogens with zero attached hydrogens (tertiary/aromatic N) is 2. The van der Waals surface area contributed by atoms with Crippen molar-refractivity contribution in [1.82, 2.24) is 20.4 Å². The summed E-state index contributed by atoms with van der Waals surface area (Å²) in [5, 5.41) is 5.51. The maximum Gasteiger partial charge on any atom is 0.253 e. The van der Waals surface area contributed by atoms with Crippen LogP contribution in [0.4, 0.5) is 0 Å². The molecule has 0 aromatic carbocycles. The van der Waals surface area contributed by atoms with E-state index in [0.717, 1.165) is 22.0 Å². The normalized spacial score (nSPS) is 18.3. The Hall–Kier alpha value is -2.69. The molecule has 1 unspecified atom stereocenters. The number of carbonyl (C=O) groups excluding carboxylic acids is 6. The summed E-state index contributed by atoms with van der Waals surface area (Å²) in [6, 6.07) is 0. The predicted molar refractivity (Wildman–Crippen MR) is 114 cm³/mol. The van der Waals surface area contributed by atoms with Crippen LogP contribution in [0.2, 0.25) is 0 Å². The van der Waals surface area contributed by atoms with Crippen LogP contribution >= 0.6 is 11.8 Å². The van der Waals surface area contributed by atoms with Crippen LogP contribution in [0.5, 0.6) is 0 Å². The quantitative estimate of drug-likeness (QED) is 0.283. The summed E-state index contributed by atoms with van der Waals surface area (Å²) in [5.74, 6) is -0.416. The number of hydrogen-bond acceptors (Lipinski definition) is 7. The third kappa shape index (κ3) is 7.82. The predicted octanol–water partition coefficient (Wildman–Crippen LogP) is -0.558. The van der Waals surface area contributed by atoms with Gasteiger partial charge >= 0.3 is 0 Å². The van der Waals surface area contributed by atoms with Gasteiger partial charge in [0, 0.05) is 69.3 Å². The summed E-state index contributed by atoms with van der Waals surface area (Å²) < 4.78 is 0. The molecule has 1 fully saturated rings. The lowest BCUT2D eigenvalue weighted by molar-refractivity contribution is -0.140. The number of amides is 6. The van der Waals surface area contributed by atoms with Crippen molar-refractivity contribution in [2.24, 2.45) is 5.92 Å². The van der Waals surface area contributed by atoms with Gasteiger partial charge < -0.3 is 10.6 Å². The van der Waals surface area contributed by atoms with Crippen LogP contribution in [0.25, 0.3) is 0 Å². The van der Waals surface area contributed by atoms with Gasteiger partial charge in [-0.25, -0.2) is 0 Å². The van der Waals surface area contributed by atoms with Crippen LogP contribution < -0.4 is 10.6 Å². The molecule has 11 heteroatoms. The van der Waals surface area contributed by atoms with Gasteiger partial charge in [-0.1, -0.05) is 6.92 Å². The second-order valence-electron chi connectivity index (χ2n) is 7.32. The molecule has 6 amide bonds. The Balaban J connectivity index is 1.42. The van der Waals surface area contributed by atoms with Crippen molar-refractivity contribution >= 4 is 47.2 Å². The zero-order valence-electron chi connectivity index (χ0n) is 17.6. The second kappa shape index (κ2) is 12.2. The standard InChI is InChI=1S/C20H28N4O6S/c1-14-13-19(29)24(20(14)30)10-6-15(25)21-7-2-11-31-12-8-22-16(26)5-9-23-17(27)3-4-18(23)28/h3-4,14H,2,5-13H2,1H3,(H,21,25)(H,22,26). The SMILES string of the molecule is CC1CC(=O)N(CCC(=O)NCCCSCCNC(=O)CCN2C(=O)C=CC2=O)C1=O. The van der Waals surface area contributed by atoms with E-state index in [-0.39, 0.29) is 61.9 Å². The topological polar surface area (TPSA) is 133 Å². The lowest BCUT2D eigenvalue weighted by atomic mass is 10.1. The minimum absolute atomic E-state index is 0.0719. The summed E-state index contributed by atoms with van der Waals surface area (Å²) in [4.78, 5) is 72.0.